The highest BCUT2D eigenvalue weighted by atomic mass is 19.4. The Morgan fingerprint density at radius 2 is 1.90 bits per heavy atom. The Morgan fingerprint density at radius 1 is 1.06 bits per heavy atom. The summed E-state index contributed by atoms with van der Waals surface area (Å²) in [5.74, 6) is -0.472. The van der Waals surface area contributed by atoms with Crippen molar-refractivity contribution in [3.8, 4) is 5.69 Å². The first-order chi connectivity index (χ1) is 14.9. The number of hydrogen-bond acceptors (Lipinski definition) is 4. The minimum atomic E-state index is -4.47. The molecule has 31 heavy (non-hydrogen) atoms. The zero-order chi connectivity index (χ0) is 21.8. The third-order valence-electron chi connectivity index (χ3n) is 4.56. The minimum Gasteiger partial charge on any atom is -0.347 e. The van der Waals surface area contributed by atoms with Gasteiger partial charge in [0.05, 0.1) is 24.0 Å². The fraction of sp³-hybridized carbons (Fsp3) is 0.143. The van der Waals surface area contributed by atoms with Crippen LogP contribution in [0.3, 0.4) is 0 Å². The van der Waals surface area contributed by atoms with Gasteiger partial charge >= 0.3 is 6.18 Å². The predicted octanol–water partition coefficient (Wildman–Crippen LogP) is 3.46. The molecule has 1 N–H and O–H groups in total. The first-order valence-electron chi connectivity index (χ1n) is 9.32. The Labute approximate surface area is 175 Å². The topological polar surface area (TPSA) is 77.6 Å². The molecule has 0 spiro atoms. The molecule has 0 atom stereocenters. The normalized spacial score (nSPS) is 11.5. The zero-order valence-electron chi connectivity index (χ0n) is 16.1. The van der Waals surface area contributed by atoms with E-state index >= 15 is 0 Å². The first kappa shape index (κ1) is 20.3. The number of halogens is 3. The highest BCUT2D eigenvalue weighted by Gasteiger charge is 2.33. The Hall–Kier alpha value is -3.95. The van der Waals surface area contributed by atoms with Gasteiger partial charge in [-0.25, -0.2) is 9.36 Å². The largest absolute Gasteiger partial charge is 0.416 e. The standard InChI is InChI=1S/C21H17F3N6O/c22-21(23,24)18-8-2-1-6-16(18)13-29-14-19(27-28-29)20(31)25-12-15-5-3-7-17(11-15)30-10-4-9-26-30/h1-11,14H,12-13H2,(H,25,31). The van der Waals surface area contributed by atoms with E-state index < -0.39 is 17.6 Å². The monoisotopic (exact) mass is 426 g/mol. The number of hydrogen-bond donors (Lipinski definition) is 1. The molecule has 0 aliphatic heterocycles. The molecular formula is C21H17F3N6O. The average molecular weight is 426 g/mol. The van der Waals surface area contributed by atoms with Crippen molar-refractivity contribution >= 4 is 5.91 Å². The Balaban J connectivity index is 1.41. The lowest BCUT2D eigenvalue weighted by molar-refractivity contribution is -0.138. The van der Waals surface area contributed by atoms with E-state index in [2.05, 4.69) is 20.7 Å². The number of benzene rings is 2. The molecule has 1 amide bonds. The first-order valence-corrected chi connectivity index (χ1v) is 9.32. The summed E-state index contributed by atoms with van der Waals surface area (Å²) in [5, 5.41) is 14.5. The average Bonchev–Trinajstić information content (AvgIpc) is 3.44. The van der Waals surface area contributed by atoms with Crippen molar-refractivity contribution in [1.82, 2.24) is 30.1 Å². The number of amides is 1. The van der Waals surface area contributed by atoms with Gasteiger partial charge in [0.15, 0.2) is 5.69 Å². The van der Waals surface area contributed by atoms with Crippen molar-refractivity contribution in [2.24, 2.45) is 0 Å². The molecule has 2 aromatic heterocycles. The lowest BCUT2D eigenvalue weighted by atomic mass is 10.1. The van der Waals surface area contributed by atoms with Crippen molar-refractivity contribution in [1.29, 1.82) is 0 Å². The van der Waals surface area contributed by atoms with Crippen LogP contribution >= 0.6 is 0 Å². The third kappa shape index (κ3) is 4.80. The van der Waals surface area contributed by atoms with Gasteiger partial charge in [-0.1, -0.05) is 35.5 Å². The fourth-order valence-electron chi connectivity index (χ4n) is 3.09. The van der Waals surface area contributed by atoms with Gasteiger partial charge in [0.25, 0.3) is 5.91 Å². The van der Waals surface area contributed by atoms with Crippen molar-refractivity contribution in [2.45, 2.75) is 19.3 Å². The number of carbonyl (C=O) groups is 1. The molecule has 0 fully saturated rings. The molecule has 0 aliphatic carbocycles. The van der Waals surface area contributed by atoms with Crippen LogP contribution in [0.2, 0.25) is 0 Å². The van der Waals surface area contributed by atoms with Crippen LogP contribution in [0.4, 0.5) is 13.2 Å². The molecule has 0 radical (unpaired) electrons. The smallest absolute Gasteiger partial charge is 0.347 e. The van der Waals surface area contributed by atoms with E-state index in [0.29, 0.717) is 0 Å². The molecule has 4 aromatic rings. The van der Waals surface area contributed by atoms with Crippen molar-refractivity contribution < 1.29 is 18.0 Å². The van der Waals surface area contributed by atoms with Gasteiger partial charge in [-0.05, 0) is 35.4 Å². The van der Waals surface area contributed by atoms with Crippen LogP contribution in [0, 0.1) is 0 Å². The SMILES string of the molecule is O=C(NCc1cccc(-n2cccn2)c1)c1cn(Cc2ccccc2C(F)(F)F)nn1. The second kappa shape index (κ2) is 8.42. The molecule has 0 saturated carbocycles. The number of rotatable bonds is 6. The minimum absolute atomic E-state index is 0.0210. The lowest BCUT2D eigenvalue weighted by Crippen LogP contribution is -2.23. The van der Waals surface area contributed by atoms with Crippen molar-refractivity contribution in [3.05, 3.63) is 95.6 Å². The van der Waals surface area contributed by atoms with Gasteiger partial charge in [0.1, 0.15) is 0 Å². The molecular weight excluding hydrogens is 409 g/mol. The molecule has 10 heteroatoms. The van der Waals surface area contributed by atoms with Gasteiger partial charge in [-0.2, -0.15) is 18.3 Å². The van der Waals surface area contributed by atoms with Gasteiger partial charge in [-0.3, -0.25) is 4.79 Å². The summed E-state index contributed by atoms with van der Waals surface area (Å²) in [6, 6.07) is 14.5. The van der Waals surface area contributed by atoms with Gasteiger partial charge in [0, 0.05) is 18.9 Å². The Bertz CT molecular complexity index is 1180. The maximum Gasteiger partial charge on any atom is 0.416 e. The van der Waals surface area contributed by atoms with Crippen molar-refractivity contribution in [3.63, 3.8) is 0 Å². The van der Waals surface area contributed by atoms with E-state index in [1.54, 1.807) is 10.9 Å². The zero-order valence-corrected chi connectivity index (χ0v) is 16.1. The number of nitrogens with one attached hydrogen (secondary N) is 1. The second-order valence-electron chi connectivity index (χ2n) is 6.76. The number of alkyl halides is 3. The van der Waals surface area contributed by atoms with Gasteiger partial charge in [0.2, 0.25) is 0 Å². The molecule has 0 bridgehead atoms. The molecule has 158 valence electrons. The molecule has 7 nitrogen and oxygen atoms in total. The molecule has 0 saturated heterocycles. The number of aromatic nitrogens is 5. The summed E-state index contributed by atoms with van der Waals surface area (Å²) in [6.07, 6.45) is 0.336. The Kier molecular flexibility index (Phi) is 5.52. The van der Waals surface area contributed by atoms with Crippen LogP contribution in [-0.4, -0.2) is 30.7 Å². The summed E-state index contributed by atoms with van der Waals surface area (Å²) in [6.45, 7) is 0.0968. The maximum atomic E-state index is 13.1. The third-order valence-corrected chi connectivity index (χ3v) is 4.56. The highest BCUT2D eigenvalue weighted by Crippen LogP contribution is 2.32. The van der Waals surface area contributed by atoms with Crippen LogP contribution in [0.1, 0.15) is 27.2 Å². The van der Waals surface area contributed by atoms with Crippen LogP contribution in [-0.2, 0) is 19.3 Å². The summed E-state index contributed by atoms with van der Waals surface area (Å²) in [4.78, 5) is 12.4. The fourth-order valence-corrected chi connectivity index (χ4v) is 3.09. The summed E-state index contributed by atoms with van der Waals surface area (Å²) in [5.41, 5.74) is 1.03. The van der Waals surface area contributed by atoms with Crippen LogP contribution in [0.15, 0.2) is 73.2 Å². The number of carbonyl (C=O) groups excluding carboxylic acids is 1. The maximum absolute atomic E-state index is 13.1. The quantitative estimate of drug-likeness (QED) is 0.512. The van der Waals surface area contributed by atoms with E-state index in [1.165, 1.54) is 29.1 Å². The van der Waals surface area contributed by atoms with E-state index in [9.17, 15) is 18.0 Å². The van der Waals surface area contributed by atoms with E-state index in [4.69, 9.17) is 0 Å². The highest BCUT2D eigenvalue weighted by molar-refractivity contribution is 5.91. The van der Waals surface area contributed by atoms with Crippen LogP contribution in [0.5, 0.6) is 0 Å². The summed E-state index contributed by atoms with van der Waals surface area (Å²) >= 11 is 0. The van der Waals surface area contributed by atoms with Gasteiger partial charge < -0.3 is 5.32 Å². The van der Waals surface area contributed by atoms with E-state index in [1.807, 2.05) is 36.5 Å². The second-order valence-corrected chi connectivity index (χ2v) is 6.76. The molecule has 2 aromatic carbocycles. The van der Waals surface area contributed by atoms with Crippen LogP contribution in [0.25, 0.3) is 5.69 Å². The number of nitrogens with zero attached hydrogens (tertiary/aromatic N) is 5. The van der Waals surface area contributed by atoms with Crippen molar-refractivity contribution in [2.75, 3.05) is 0 Å². The molecule has 0 unspecified atom stereocenters. The summed E-state index contributed by atoms with van der Waals surface area (Å²) in [7, 11) is 0. The molecule has 4 rings (SSSR count). The predicted molar refractivity (Wildman–Crippen MR) is 105 cm³/mol. The Morgan fingerprint density at radius 3 is 2.68 bits per heavy atom. The van der Waals surface area contributed by atoms with E-state index in [0.717, 1.165) is 17.3 Å². The lowest BCUT2D eigenvalue weighted by Gasteiger charge is -2.12. The summed E-state index contributed by atoms with van der Waals surface area (Å²) < 4.78 is 42.4. The van der Waals surface area contributed by atoms with Crippen LogP contribution < -0.4 is 5.32 Å². The molecule has 0 aliphatic rings. The molecule has 2 heterocycles. The van der Waals surface area contributed by atoms with E-state index in [-0.39, 0.29) is 24.3 Å². The van der Waals surface area contributed by atoms with Gasteiger partial charge in [-0.15, -0.1) is 5.10 Å².